The fourth-order valence-corrected chi connectivity index (χ4v) is 3.35. The van der Waals surface area contributed by atoms with Gasteiger partial charge in [0, 0.05) is 23.0 Å². The molecule has 0 amide bonds. The van der Waals surface area contributed by atoms with E-state index in [0.717, 1.165) is 11.1 Å². The molecule has 0 atom stereocenters. The van der Waals surface area contributed by atoms with Crippen LogP contribution in [0.4, 0.5) is 0 Å². The molecule has 0 radical (unpaired) electrons. The van der Waals surface area contributed by atoms with E-state index >= 15 is 0 Å². The number of fused-ring (bicyclic) bond motifs is 2. The lowest BCUT2D eigenvalue weighted by Crippen LogP contribution is -2.21. The molecule has 0 N–H and O–H groups in total. The molecule has 0 bridgehead atoms. The summed E-state index contributed by atoms with van der Waals surface area (Å²) >= 11 is 6.22. The zero-order chi connectivity index (χ0) is 18.4. The molecule has 134 valence electrons. The van der Waals surface area contributed by atoms with Crippen LogP contribution in [0.1, 0.15) is 5.56 Å². The zero-order valence-electron chi connectivity index (χ0n) is 14.1. The Morgan fingerprint density at radius 1 is 1.04 bits per heavy atom. The van der Waals surface area contributed by atoms with Gasteiger partial charge in [-0.1, -0.05) is 29.8 Å². The predicted molar refractivity (Wildman–Crippen MR) is 102 cm³/mol. The third-order valence-corrected chi connectivity index (χ3v) is 4.94. The first-order valence-electron chi connectivity index (χ1n) is 8.41. The van der Waals surface area contributed by atoms with Gasteiger partial charge >= 0.3 is 0 Å². The Morgan fingerprint density at radius 2 is 1.89 bits per heavy atom. The summed E-state index contributed by atoms with van der Waals surface area (Å²) in [7, 11) is 0. The lowest BCUT2D eigenvalue weighted by Gasteiger charge is -2.07. The van der Waals surface area contributed by atoms with Crippen LogP contribution in [-0.2, 0) is 6.54 Å². The quantitative estimate of drug-likeness (QED) is 0.546. The summed E-state index contributed by atoms with van der Waals surface area (Å²) in [5.41, 5.74) is 2.82. The second kappa shape index (κ2) is 6.17. The predicted octanol–water partition coefficient (Wildman–Crippen LogP) is 3.59. The minimum absolute atomic E-state index is 0.128. The fraction of sp³-hybridized carbons (Fsp3) is 0.100. The Bertz CT molecular complexity index is 1230. The number of benzene rings is 2. The Kier molecular flexibility index (Phi) is 3.65. The molecule has 0 aliphatic carbocycles. The number of aromatic nitrogens is 3. The minimum Gasteiger partial charge on any atom is -0.454 e. The van der Waals surface area contributed by atoms with Crippen LogP contribution in [0.25, 0.3) is 16.8 Å². The highest BCUT2D eigenvalue weighted by atomic mass is 35.5. The number of rotatable bonds is 3. The third-order valence-electron chi connectivity index (χ3n) is 4.57. The van der Waals surface area contributed by atoms with Crippen LogP contribution in [0.15, 0.2) is 65.7 Å². The van der Waals surface area contributed by atoms with Crippen molar-refractivity contribution in [1.82, 2.24) is 14.2 Å². The summed E-state index contributed by atoms with van der Waals surface area (Å²) in [6.07, 6.45) is 3.49. The van der Waals surface area contributed by atoms with Gasteiger partial charge in [-0.2, -0.15) is 5.10 Å². The average molecular weight is 380 g/mol. The smallest absolute Gasteiger partial charge is 0.276 e. The largest absolute Gasteiger partial charge is 0.454 e. The van der Waals surface area contributed by atoms with Crippen molar-refractivity contribution in [3.05, 3.63) is 81.9 Å². The normalized spacial score (nSPS) is 12.6. The second-order valence-corrected chi connectivity index (χ2v) is 6.66. The van der Waals surface area contributed by atoms with E-state index in [-0.39, 0.29) is 12.4 Å². The number of ether oxygens (including phenoxy) is 2. The fourth-order valence-electron chi connectivity index (χ4n) is 3.16. The van der Waals surface area contributed by atoms with Crippen LogP contribution in [-0.4, -0.2) is 21.0 Å². The molecule has 2 aromatic carbocycles. The molecule has 0 unspecified atom stereocenters. The lowest BCUT2D eigenvalue weighted by molar-refractivity contribution is 0.174. The van der Waals surface area contributed by atoms with Crippen molar-refractivity contribution in [2.75, 3.05) is 6.79 Å². The minimum atomic E-state index is -0.128. The highest BCUT2D eigenvalue weighted by Gasteiger charge is 2.16. The summed E-state index contributed by atoms with van der Waals surface area (Å²) < 4.78 is 14.0. The molecule has 0 fully saturated rings. The Balaban J connectivity index is 1.56. The number of hydrogen-bond donors (Lipinski definition) is 0. The highest BCUT2D eigenvalue weighted by Crippen LogP contribution is 2.35. The van der Waals surface area contributed by atoms with E-state index in [1.54, 1.807) is 27.5 Å². The van der Waals surface area contributed by atoms with E-state index in [9.17, 15) is 4.79 Å². The zero-order valence-corrected chi connectivity index (χ0v) is 14.9. The molecule has 3 heterocycles. The van der Waals surface area contributed by atoms with Gasteiger partial charge in [-0.25, -0.2) is 4.52 Å². The summed E-state index contributed by atoms with van der Waals surface area (Å²) in [4.78, 5) is 12.9. The van der Waals surface area contributed by atoms with E-state index in [1.165, 1.54) is 0 Å². The molecule has 5 rings (SSSR count). The molecule has 6 nitrogen and oxygen atoms in total. The maximum Gasteiger partial charge on any atom is 0.276 e. The molecule has 27 heavy (non-hydrogen) atoms. The van der Waals surface area contributed by atoms with Crippen LogP contribution in [0.3, 0.4) is 0 Å². The van der Waals surface area contributed by atoms with Gasteiger partial charge in [-0.05, 0) is 35.9 Å². The van der Waals surface area contributed by atoms with Gasteiger partial charge in [0.25, 0.3) is 5.56 Å². The topological polar surface area (TPSA) is 57.8 Å². The van der Waals surface area contributed by atoms with Gasteiger partial charge in [-0.15, -0.1) is 0 Å². The number of nitrogens with zero attached hydrogens (tertiary/aromatic N) is 3. The standard InChI is InChI=1S/C20H14ClN3O3/c21-15-4-2-1-3-14(15)11-23-7-8-24-17(20(23)25)10-16(22-24)13-5-6-18-19(9-13)27-12-26-18/h1-10H,11-12H2. The summed E-state index contributed by atoms with van der Waals surface area (Å²) in [6.45, 7) is 0.621. The first-order chi connectivity index (χ1) is 13.2. The summed E-state index contributed by atoms with van der Waals surface area (Å²) in [5, 5.41) is 5.15. The number of hydrogen-bond acceptors (Lipinski definition) is 4. The van der Waals surface area contributed by atoms with Crippen LogP contribution in [0, 0.1) is 0 Å². The van der Waals surface area contributed by atoms with Crippen molar-refractivity contribution in [3.8, 4) is 22.8 Å². The second-order valence-electron chi connectivity index (χ2n) is 6.25. The van der Waals surface area contributed by atoms with Gasteiger partial charge < -0.3 is 14.0 Å². The first kappa shape index (κ1) is 16.0. The van der Waals surface area contributed by atoms with Gasteiger partial charge in [0.05, 0.1) is 12.2 Å². The molecule has 4 aromatic rings. The average Bonchev–Trinajstić information content (AvgIpc) is 3.32. The van der Waals surface area contributed by atoms with Crippen molar-refractivity contribution in [3.63, 3.8) is 0 Å². The van der Waals surface area contributed by atoms with E-state index in [4.69, 9.17) is 21.1 Å². The molecule has 2 aromatic heterocycles. The molecule has 7 heteroatoms. The van der Waals surface area contributed by atoms with Crippen LogP contribution >= 0.6 is 11.6 Å². The maximum atomic E-state index is 12.9. The van der Waals surface area contributed by atoms with Crippen molar-refractivity contribution in [2.45, 2.75) is 6.54 Å². The van der Waals surface area contributed by atoms with Crippen molar-refractivity contribution in [2.24, 2.45) is 0 Å². The van der Waals surface area contributed by atoms with Crippen molar-refractivity contribution >= 4 is 17.1 Å². The Hall–Kier alpha value is -3.25. The monoisotopic (exact) mass is 379 g/mol. The molecule has 1 aliphatic rings. The van der Waals surface area contributed by atoms with Gasteiger partial charge in [0.15, 0.2) is 11.5 Å². The van der Waals surface area contributed by atoms with E-state index in [2.05, 4.69) is 5.10 Å². The number of halogens is 1. The lowest BCUT2D eigenvalue weighted by atomic mass is 10.1. The van der Waals surface area contributed by atoms with E-state index < -0.39 is 0 Å². The third kappa shape index (κ3) is 2.74. The van der Waals surface area contributed by atoms with Gasteiger partial charge in [-0.3, -0.25) is 4.79 Å². The first-order valence-corrected chi connectivity index (χ1v) is 8.79. The van der Waals surface area contributed by atoms with Crippen LogP contribution in [0.2, 0.25) is 5.02 Å². The molecule has 0 saturated carbocycles. The maximum absolute atomic E-state index is 12.9. The summed E-state index contributed by atoms with van der Waals surface area (Å²) in [5.74, 6) is 1.39. The van der Waals surface area contributed by atoms with Crippen LogP contribution in [0.5, 0.6) is 11.5 Å². The molecule has 0 saturated heterocycles. The highest BCUT2D eigenvalue weighted by molar-refractivity contribution is 6.31. The van der Waals surface area contributed by atoms with E-state index in [0.29, 0.717) is 34.3 Å². The molecule has 0 spiro atoms. The van der Waals surface area contributed by atoms with Crippen molar-refractivity contribution in [1.29, 1.82) is 0 Å². The van der Waals surface area contributed by atoms with Crippen molar-refractivity contribution < 1.29 is 9.47 Å². The molecular formula is C20H14ClN3O3. The Labute approximate surface area is 159 Å². The van der Waals surface area contributed by atoms with Gasteiger partial charge in [0.1, 0.15) is 5.52 Å². The molecular weight excluding hydrogens is 366 g/mol. The molecule has 1 aliphatic heterocycles. The van der Waals surface area contributed by atoms with Gasteiger partial charge in [0.2, 0.25) is 6.79 Å². The van der Waals surface area contributed by atoms with E-state index in [1.807, 2.05) is 42.5 Å². The van der Waals surface area contributed by atoms with Crippen LogP contribution < -0.4 is 15.0 Å². The Morgan fingerprint density at radius 3 is 2.78 bits per heavy atom. The SMILES string of the molecule is O=c1c2cc(-c3ccc4c(c3)OCO4)nn2ccn1Cc1ccccc1Cl. The summed E-state index contributed by atoms with van der Waals surface area (Å²) in [6, 6.07) is 14.9.